The van der Waals surface area contributed by atoms with Gasteiger partial charge < -0.3 is 23.8 Å². The Labute approximate surface area is 182 Å². The van der Waals surface area contributed by atoms with Gasteiger partial charge in [-0.15, -0.1) is 0 Å². The molecular weight excluding hydrogens is 476 g/mol. The van der Waals surface area contributed by atoms with Crippen LogP contribution in [0.2, 0.25) is 0 Å². The van der Waals surface area contributed by atoms with Crippen molar-refractivity contribution in [2.45, 2.75) is 32.2 Å². The molecular formula is C16H25F2N4O6P2S+. The van der Waals surface area contributed by atoms with E-state index < -0.39 is 20.6 Å². The number of nitrogens with zero attached hydrogens (tertiary/aromatic N) is 3. The number of alkyl halides is 2. The lowest BCUT2D eigenvalue weighted by molar-refractivity contribution is -0.689. The number of nitrogen functional groups attached to an aromatic ring is 1. The molecule has 0 saturated carbocycles. The zero-order valence-electron chi connectivity index (χ0n) is 17.7. The second-order valence-corrected chi connectivity index (χ2v) is 12.1. The third-order valence-electron chi connectivity index (χ3n) is 4.49. The molecule has 2 heterocycles. The van der Waals surface area contributed by atoms with E-state index >= 15 is 0 Å². The van der Waals surface area contributed by atoms with Crippen molar-refractivity contribution in [1.82, 2.24) is 9.97 Å². The van der Waals surface area contributed by atoms with Gasteiger partial charge in [-0.1, -0.05) is 11.3 Å². The monoisotopic (exact) mass is 501 g/mol. The van der Waals surface area contributed by atoms with E-state index in [0.717, 1.165) is 37.5 Å². The smallest absolute Gasteiger partial charge is 0.383 e. The molecule has 0 radical (unpaired) electrons. The first-order valence-corrected chi connectivity index (χ1v) is 12.9. The maximum absolute atomic E-state index is 14.6. The summed E-state index contributed by atoms with van der Waals surface area (Å²) in [7, 11) is -7.91. The fraction of sp³-hybridized carbons (Fsp3) is 0.562. The highest BCUT2D eigenvalue weighted by Gasteiger charge is 2.68. The standard InChI is InChI=1S/C16H25F2N4O6P2S/c1-11-14(31-10-22(11)9-13-8-20-12(2)21-15(13)19)6-7-28-30(24,27-5)16(17,18)29(23,25-3)26-4/h8,10H,6-7,9H2,1-5H3,(H2,19,20,21)/q+1. The third-order valence-corrected chi connectivity index (χ3v) is 10.4. The highest BCUT2D eigenvalue weighted by Crippen LogP contribution is 2.78. The minimum atomic E-state index is -5.15. The first-order valence-electron chi connectivity index (χ1n) is 8.89. The summed E-state index contributed by atoms with van der Waals surface area (Å²) in [5, 5.41) is -4.48. The van der Waals surface area contributed by atoms with E-state index in [9.17, 15) is 17.9 Å². The van der Waals surface area contributed by atoms with Gasteiger partial charge in [-0.2, -0.15) is 13.3 Å². The minimum Gasteiger partial charge on any atom is -0.383 e. The third kappa shape index (κ3) is 5.19. The first kappa shape index (κ1) is 25.9. The Balaban J connectivity index is 2.11. The number of aryl methyl sites for hydroxylation is 1. The number of thiazole rings is 1. The summed E-state index contributed by atoms with van der Waals surface area (Å²) < 4.78 is 73.8. The van der Waals surface area contributed by atoms with Crippen molar-refractivity contribution >= 4 is 32.3 Å². The van der Waals surface area contributed by atoms with Gasteiger partial charge in [0.2, 0.25) is 5.51 Å². The van der Waals surface area contributed by atoms with Gasteiger partial charge in [0.05, 0.1) is 17.0 Å². The lowest BCUT2D eigenvalue weighted by Gasteiger charge is -2.28. The van der Waals surface area contributed by atoms with E-state index in [1.807, 2.05) is 17.0 Å². The first-order chi connectivity index (χ1) is 14.4. The van der Waals surface area contributed by atoms with Gasteiger partial charge in [-0.05, 0) is 6.92 Å². The zero-order chi connectivity index (χ0) is 23.4. The van der Waals surface area contributed by atoms with Crippen molar-refractivity contribution in [3.05, 3.63) is 33.7 Å². The Bertz CT molecular complexity index is 1010. The van der Waals surface area contributed by atoms with Crippen LogP contribution in [0.4, 0.5) is 14.6 Å². The summed E-state index contributed by atoms with van der Waals surface area (Å²) in [6, 6.07) is 0. The van der Waals surface area contributed by atoms with Crippen LogP contribution in [-0.2, 0) is 40.2 Å². The zero-order valence-corrected chi connectivity index (χ0v) is 20.3. The van der Waals surface area contributed by atoms with Crippen LogP contribution in [0.3, 0.4) is 0 Å². The summed E-state index contributed by atoms with van der Waals surface area (Å²) in [6.07, 6.45) is 1.81. The molecule has 0 amide bonds. The second-order valence-electron chi connectivity index (χ2n) is 6.32. The van der Waals surface area contributed by atoms with Crippen LogP contribution in [0.25, 0.3) is 0 Å². The molecule has 0 fully saturated rings. The Hall–Kier alpha value is -1.33. The number of hydrogen-bond donors (Lipinski definition) is 1. The molecule has 0 aliphatic heterocycles. The number of halogens is 2. The van der Waals surface area contributed by atoms with Crippen LogP contribution in [0.15, 0.2) is 11.7 Å². The molecule has 0 spiro atoms. The van der Waals surface area contributed by atoms with Gasteiger partial charge in [0.25, 0.3) is 0 Å². The molecule has 0 aliphatic rings. The topological polar surface area (TPSA) is 127 Å². The van der Waals surface area contributed by atoms with Crippen LogP contribution >= 0.6 is 26.5 Å². The van der Waals surface area contributed by atoms with Crippen LogP contribution in [0.1, 0.15) is 22.0 Å². The molecule has 31 heavy (non-hydrogen) atoms. The van der Waals surface area contributed by atoms with Crippen molar-refractivity contribution in [1.29, 1.82) is 0 Å². The van der Waals surface area contributed by atoms with Gasteiger partial charge in [0.15, 0.2) is 12.2 Å². The fourth-order valence-electron chi connectivity index (χ4n) is 2.61. The van der Waals surface area contributed by atoms with Gasteiger partial charge in [0.1, 0.15) is 11.6 Å². The highest BCUT2D eigenvalue weighted by molar-refractivity contribution is 7.73. The maximum atomic E-state index is 14.6. The molecule has 10 nitrogen and oxygen atoms in total. The maximum Gasteiger partial charge on any atom is 0.444 e. The molecule has 0 aliphatic carbocycles. The van der Waals surface area contributed by atoms with E-state index in [-0.39, 0.29) is 13.0 Å². The van der Waals surface area contributed by atoms with E-state index in [1.165, 1.54) is 11.3 Å². The summed E-state index contributed by atoms with van der Waals surface area (Å²) >= 11 is 1.36. The lowest BCUT2D eigenvalue weighted by Crippen LogP contribution is -2.35. The molecule has 0 aromatic carbocycles. The van der Waals surface area contributed by atoms with E-state index in [1.54, 1.807) is 13.1 Å². The van der Waals surface area contributed by atoms with Gasteiger partial charge in [-0.25, -0.2) is 9.97 Å². The van der Waals surface area contributed by atoms with Gasteiger partial charge >= 0.3 is 20.6 Å². The van der Waals surface area contributed by atoms with Crippen LogP contribution < -0.4 is 10.3 Å². The molecule has 2 aromatic rings. The molecule has 0 saturated heterocycles. The van der Waals surface area contributed by atoms with Crippen molar-refractivity contribution in [2.75, 3.05) is 33.7 Å². The van der Waals surface area contributed by atoms with E-state index in [2.05, 4.69) is 23.5 Å². The Kier molecular flexibility index (Phi) is 8.43. The number of anilines is 1. The Morgan fingerprint density at radius 1 is 1.16 bits per heavy atom. The molecule has 1 unspecified atom stereocenters. The number of hydrogen-bond acceptors (Lipinski definition) is 10. The molecule has 15 heteroatoms. The molecule has 2 aromatic heterocycles. The summed E-state index contributed by atoms with van der Waals surface area (Å²) in [6.45, 7) is 3.63. The predicted molar refractivity (Wildman–Crippen MR) is 110 cm³/mol. The second kappa shape index (κ2) is 10.1. The molecule has 2 rings (SSSR count). The van der Waals surface area contributed by atoms with Crippen LogP contribution in [0.5, 0.6) is 0 Å². The average Bonchev–Trinajstić information content (AvgIpc) is 3.08. The highest BCUT2D eigenvalue weighted by atomic mass is 32.1. The SMILES string of the molecule is COP(=O)(OC)C(F)(F)P(=O)(OC)OCCc1sc[n+](Cc2cnc(C)nc2N)c1C. The molecule has 0 bridgehead atoms. The van der Waals surface area contributed by atoms with Crippen molar-refractivity contribution < 1.29 is 40.6 Å². The van der Waals surface area contributed by atoms with Crippen LogP contribution in [-0.4, -0.2) is 43.3 Å². The number of nitrogens with two attached hydrogens (primary N) is 1. The van der Waals surface area contributed by atoms with Crippen molar-refractivity contribution in [2.24, 2.45) is 0 Å². The lowest BCUT2D eigenvalue weighted by atomic mass is 10.2. The predicted octanol–water partition coefficient (Wildman–Crippen LogP) is 3.51. The summed E-state index contributed by atoms with van der Waals surface area (Å²) in [4.78, 5) is 9.07. The van der Waals surface area contributed by atoms with E-state index in [4.69, 9.17) is 10.3 Å². The Morgan fingerprint density at radius 3 is 2.32 bits per heavy atom. The molecule has 2 N–H and O–H groups in total. The van der Waals surface area contributed by atoms with Gasteiger partial charge in [-0.3, -0.25) is 9.13 Å². The minimum absolute atomic E-state index is 0.164. The normalized spacial score (nSPS) is 14.5. The summed E-state index contributed by atoms with van der Waals surface area (Å²) in [5.41, 5.74) is 9.33. The quantitative estimate of drug-likeness (QED) is 0.364. The number of aromatic nitrogens is 3. The van der Waals surface area contributed by atoms with E-state index in [0.29, 0.717) is 18.2 Å². The number of rotatable bonds is 11. The molecule has 174 valence electrons. The Morgan fingerprint density at radius 2 is 1.77 bits per heavy atom. The largest absolute Gasteiger partial charge is 0.444 e. The van der Waals surface area contributed by atoms with Crippen LogP contribution in [0, 0.1) is 13.8 Å². The average molecular weight is 501 g/mol. The van der Waals surface area contributed by atoms with Crippen molar-refractivity contribution in [3.63, 3.8) is 0 Å². The summed E-state index contributed by atoms with van der Waals surface area (Å²) in [5.74, 6) is 0.941. The van der Waals surface area contributed by atoms with Crippen molar-refractivity contribution in [3.8, 4) is 0 Å². The fourth-order valence-corrected chi connectivity index (χ4v) is 7.09. The van der Waals surface area contributed by atoms with Gasteiger partial charge in [0, 0.05) is 40.9 Å². The molecule has 1 atom stereocenters.